The molecule has 0 saturated heterocycles. The van der Waals surface area contributed by atoms with Crippen molar-refractivity contribution in [2.75, 3.05) is 0 Å². The number of carboxylic acids is 1. The number of nitrogens with zero attached hydrogens (tertiary/aromatic N) is 2. The van der Waals surface area contributed by atoms with E-state index in [1.807, 2.05) is 73.0 Å². The van der Waals surface area contributed by atoms with Crippen LogP contribution in [0, 0.1) is 12.8 Å². The first-order valence-corrected chi connectivity index (χ1v) is 12.5. The molecule has 2 aromatic heterocycles. The zero-order chi connectivity index (χ0) is 25.3. The Bertz CT molecular complexity index is 1280. The Labute approximate surface area is 214 Å². The molecule has 0 radical (unpaired) electrons. The zero-order valence-corrected chi connectivity index (χ0v) is 21.0. The highest BCUT2D eigenvalue weighted by molar-refractivity contribution is 7.09. The van der Waals surface area contributed by atoms with E-state index in [0.717, 1.165) is 22.6 Å². The fourth-order valence-corrected chi connectivity index (χ4v) is 4.19. The van der Waals surface area contributed by atoms with Crippen molar-refractivity contribution in [2.24, 2.45) is 11.1 Å². The third-order valence-electron chi connectivity index (χ3n) is 5.58. The molecule has 8 heteroatoms. The number of oxime groups is 1. The molecule has 1 unspecified atom stereocenters. The first kappa shape index (κ1) is 25.2. The van der Waals surface area contributed by atoms with E-state index in [2.05, 4.69) is 16.2 Å². The van der Waals surface area contributed by atoms with E-state index in [0.29, 0.717) is 30.4 Å². The summed E-state index contributed by atoms with van der Waals surface area (Å²) in [6.07, 6.45) is 0.958. The summed E-state index contributed by atoms with van der Waals surface area (Å²) in [5, 5.41) is 15.6. The number of ether oxygens (including phenoxy) is 1. The van der Waals surface area contributed by atoms with Crippen LogP contribution >= 0.6 is 11.3 Å². The van der Waals surface area contributed by atoms with Crippen LogP contribution in [0.3, 0.4) is 0 Å². The molecule has 0 aliphatic carbocycles. The molecule has 4 aromatic rings. The van der Waals surface area contributed by atoms with Crippen molar-refractivity contribution < 1.29 is 23.9 Å². The van der Waals surface area contributed by atoms with Gasteiger partial charge in [-0.05, 0) is 41.6 Å². The fourth-order valence-electron chi connectivity index (χ4n) is 3.49. The maximum atomic E-state index is 11.3. The standard InChI is InChI=1S/C28H28N2O5S/c1-19(28(31)32)15-25(22-7-4-3-5-8-22)30-34-17-21-10-12-23(13-11-21)33-18-26-20(2)35-27(29-26)16-24-9-6-14-36-24/h3-14,19H,15-18H2,1-2H3,(H,31,32). The molecule has 7 nitrogen and oxygen atoms in total. The predicted octanol–water partition coefficient (Wildman–Crippen LogP) is 6.25. The van der Waals surface area contributed by atoms with Crippen molar-refractivity contribution in [1.29, 1.82) is 0 Å². The molecule has 186 valence electrons. The number of benzene rings is 2. The molecule has 36 heavy (non-hydrogen) atoms. The lowest BCUT2D eigenvalue weighted by Gasteiger charge is -2.10. The zero-order valence-electron chi connectivity index (χ0n) is 20.2. The summed E-state index contributed by atoms with van der Waals surface area (Å²) in [4.78, 5) is 22.7. The molecule has 2 aromatic carbocycles. The lowest BCUT2D eigenvalue weighted by atomic mass is 9.99. The molecule has 0 fully saturated rings. The third kappa shape index (κ3) is 7.05. The minimum Gasteiger partial charge on any atom is -0.487 e. The summed E-state index contributed by atoms with van der Waals surface area (Å²) in [5.74, 6) is 0.729. The molecule has 0 amide bonds. The number of aliphatic carboxylic acids is 1. The van der Waals surface area contributed by atoms with E-state index in [1.54, 1.807) is 18.3 Å². The summed E-state index contributed by atoms with van der Waals surface area (Å²) in [6.45, 7) is 4.13. The number of carboxylic acid groups (broad SMARTS) is 1. The molecule has 1 atom stereocenters. The van der Waals surface area contributed by atoms with Gasteiger partial charge in [-0.3, -0.25) is 4.79 Å². The summed E-state index contributed by atoms with van der Waals surface area (Å²) >= 11 is 1.68. The Hall–Kier alpha value is -3.91. The van der Waals surface area contributed by atoms with Gasteiger partial charge < -0.3 is 19.1 Å². The van der Waals surface area contributed by atoms with Crippen molar-refractivity contribution in [3.63, 3.8) is 0 Å². The van der Waals surface area contributed by atoms with Gasteiger partial charge in [-0.15, -0.1) is 11.3 Å². The number of rotatable bonds is 12. The maximum Gasteiger partial charge on any atom is 0.306 e. The Morgan fingerprint density at radius 1 is 1.08 bits per heavy atom. The maximum absolute atomic E-state index is 11.3. The normalized spacial score (nSPS) is 12.3. The van der Waals surface area contributed by atoms with Crippen molar-refractivity contribution in [2.45, 2.75) is 39.9 Å². The van der Waals surface area contributed by atoms with Crippen molar-refractivity contribution >= 4 is 23.0 Å². The van der Waals surface area contributed by atoms with Crippen LogP contribution in [0.2, 0.25) is 0 Å². The van der Waals surface area contributed by atoms with Gasteiger partial charge in [0.1, 0.15) is 30.4 Å². The van der Waals surface area contributed by atoms with E-state index in [1.165, 1.54) is 4.88 Å². The van der Waals surface area contributed by atoms with Gasteiger partial charge in [-0.2, -0.15) is 0 Å². The highest BCUT2D eigenvalue weighted by Gasteiger charge is 2.16. The van der Waals surface area contributed by atoms with Gasteiger partial charge in [-0.1, -0.05) is 60.6 Å². The monoisotopic (exact) mass is 504 g/mol. The van der Waals surface area contributed by atoms with E-state index in [-0.39, 0.29) is 13.0 Å². The first-order chi connectivity index (χ1) is 17.5. The van der Waals surface area contributed by atoms with Crippen molar-refractivity contribution in [3.05, 3.63) is 105 Å². The summed E-state index contributed by atoms with van der Waals surface area (Å²) in [7, 11) is 0. The van der Waals surface area contributed by atoms with E-state index < -0.39 is 11.9 Å². The predicted molar refractivity (Wildman–Crippen MR) is 138 cm³/mol. The summed E-state index contributed by atoms with van der Waals surface area (Å²) < 4.78 is 11.7. The number of hydrogen-bond donors (Lipinski definition) is 1. The number of aromatic nitrogens is 1. The van der Waals surface area contributed by atoms with E-state index >= 15 is 0 Å². The topological polar surface area (TPSA) is 94.2 Å². The van der Waals surface area contributed by atoms with Crippen LogP contribution in [0.15, 0.2) is 81.7 Å². The number of aryl methyl sites for hydroxylation is 1. The second kappa shape index (κ2) is 12.2. The quantitative estimate of drug-likeness (QED) is 0.181. The lowest BCUT2D eigenvalue weighted by Crippen LogP contribution is -2.15. The smallest absolute Gasteiger partial charge is 0.306 e. The summed E-state index contributed by atoms with van der Waals surface area (Å²) in [5.41, 5.74) is 3.15. The van der Waals surface area contributed by atoms with Gasteiger partial charge in [0.2, 0.25) is 0 Å². The average molecular weight is 505 g/mol. The molecule has 0 aliphatic heterocycles. The van der Waals surface area contributed by atoms with Gasteiger partial charge >= 0.3 is 5.97 Å². The highest BCUT2D eigenvalue weighted by atomic mass is 32.1. The third-order valence-corrected chi connectivity index (χ3v) is 6.45. The van der Waals surface area contributed by atoms with Gasteiger partial charge in [0, 0.05) is 11.3 Å². The SMILES string of the molecule is Cc1oc(Cc2cccs2)nc1COc1ccc(CON=C(CC(C)C(=O)O)c2ccccc2)cc1. The van der Waals surface area contributed by atoms with Crippen LogP contribution in [-0.4, -0.2) is 21.8 Å². The minimum atomic E-state index is -0.867. The Morgan fingerprint density at radius 2 is 1.86 bits per heavy atom. The highest BCUT2D eigenvalue weighted by Crippen LogP contribution is 2.20. The van der Waals surface area contributed by atoms with Crippen LogP contribution in [0.25, 0.3) is 0 Å². The number of hydrogen-bond acceptors (Lipinski definition) is 7. The summed E-state index contributed by atoms with van der Waals surface area (Å²) in [6, 6.07) is 21.1. The van der Waals surface area contributed by atoms with Crippen LogP contribution in [-0.2, 0) is 29.3 Å². The van der Waals surface area contributed by atoms with Crippen LogP contribution in [0.1, 0.15) is 46.7 Å². The van der Waals surface area contributed by atoms with E-state index in [4.69, 9.17) is 14.0 Å². The number of carbonyl (C=O) groups is 1. The second-order valence-electron chi connectivity index (χ2n) is 8.42. The molecular formula is C28H28N2O5S. The van der Waals surface area contributed by atoms with Crippen molar-refractivity contribution in [3.8, 4) is 5.75 Å². The molecule has 0 spiro atoms. The van der Waals surface area contributed by atoms with E-state index in [9.17, 15) is 9.90 Å². The molecule has 0 bridgehead atoms. The molecule has 1 N–H and O–H groups in total. The van der Waals surface area contributed by atoms with Gasteiger partial charge in [0.25, 0.3) is 0 Å². The average Bonchev–Trinajstić information content (AvgIpc) is 3.52. The molecule has 0 aliphatic rings. The Morgan fingerprint density at radius 3 is 2.56 bits per heavy atom. The molecule has 0 saturated carbocycles. The van der Waals surface area contributed by atoms with Crippen LogP contribution < -0.4 is 4.74 Å². The molecule has 2 heterocycles. The molecular weight excluding hydrogens is 476 g/mol. The van der Waals surface area contributed by atoms with Crippen LogP contribution in [0.5, 0.6) is 5.75 Å². The lowest BCUT2D eigenvalue weighted by molar-refractivity contribution is -0.140. The van der Waals surface area contributed by atoms with Gasteiger partial charge in [0.05, 0.1) is 18.1 Å². The number of thiophene rings is 1. The Balaban J connectivity index is 1.31. The van der Waals surface area contributed by atoms with Gasteiger partial charge in [-0.25, -0.2) is 4.98 Å². The van der Waals surface area contributed by atoms with Crippen molar-refractivity contribution in [1.82, 2.24) is 4.98 Å². The first-order valence-electron chi connectivity index (χ1n) is 11.6. The van der Waals surface area contributed by atoms with Crippen LogP contribution in [0.4, 0.5) is 0 Å². The second-order valence-corrected chi connectivity index (χ2v) is 9.45. The number of oxazole rings is 1. The van der Waals surface area contributed by atoms with Gasteiger partial charge in [0.15, 0.2) is 5.89 Å². The minimum absolute atomic E-state index is 0.256. The Kier molecular flexibility index (Phi) is 8.52. The molecule has 4 rings (SSSR count). The fraction of sp³-hybridized carbons (Fsp3) is 0.250. The largest absolute Gasteiger partial charge is 0.487 e.